The molecule has 9 N–H and O–H groups in total. The number of allylic oxidation sites excluding steroid dienone is 25. The van der Waals surface area contributed by atoms with Crippen LogP contribution >= 0.6 is 0 Å². The third-order valence-corrected chi connectivity index (χ3v) is 18.0. The van der Waals surface area contributed by atoms with Crippen molar-refractivity contribution < 1.29 is 64.6 Å². The van der Waals surface area contributed by atoms with E-state index in [4.69, 9.17) is 18.9 Å². The predicted octanol–water partition coefficient (Wildman–Crippen LogP) is 17.7. The van der Waals surface area contributed by atoms with Gasteiger partial charge >= 0.3 is 0 Å². The van der Waals surface area contributed by atoms with Crippen LogP contribution in [0.2, 0.25) is 0 Å². The highest BCUT2D eigenvalue weighted by molar-refractivity contribution is 5.76. The minimum absolute atomic E-state index is 0.216. The van der Waals surface area contributed by atoms with E-state index >= 15 is 0 Å². The first kappa shape index (κ1) is 90.7. The van der Waals surface area contributed by atoms with Gasteiger partial charge in [-0.1, -0.05) is 320 Å². The average Bonchev–Trinajstić information content (AvgIpc) is 0.794. The van der Waals surface area contributed by atoms with Crippen LogP contribution in [0.3, 0.4) is 0 Å². The van der Waals surface area contributed by atoms with Crippen LogP contribution < -0.4 is 5.32 Å². The highest BCUT2D eigenvalue weighted by Gasteiger charge is 2.51. The molecule has 0 saturated carbocycles. The third kappa shape index (κ3) is 49.8. The lowest BCUT2D eigenvalue weighted by molar-refractivity contribution is -0.359. The maximum Gasteiger partial charge on any atom is 0.220 e. The molecule has 0 radical (unpaired) electrons. The second-order valence-corrected chi connectivity index (χ2v) is 26.8. The number of unbranched alkanes of at least 4 members (excludes halogenated alkanes) is 26. The summed E-state index contributed by atoms with van der Waals surface area (Å²) < 4.78 is 22.9. The van der Waals surface area contributed by atoms with E-state index in [0.29, 0.717) is 6.42 Å². The second-order valence-electron chi connectivity index (χ2n) is 26.8. The number of amides is 1. The number of ether oxygens (including phenoxy) is 4. The topological polar surface area (TPSA) is 228 Å². The molecule has 564 valence electrons. The summed E-state index contributed by atoms with van der Waals surface area (Å²) in [7, 11) is 0. The molecule has 2 saturated heterocycles. The van der Waals surface area contributed by atoms with Crippen LogP contribution in [0.25, 0.3) is 0 Å². The van der Waals surface area contributed by atoms with E-state index in [-0.39, 0.29) is 18.9 Å². The number of aliphatic hydroxyl groups is 8. The number of nitrogens with one attached hydrogen (secondary N) is 1. The Morgan fingerprint density at radius 1 is 0.374 bits per heavy atom. The molecule has 2 aliphatic heterocycles. The van der Waals surface area contributed by atoms with Gasteiger partial charge in [-0.2, -0.15) is 0 Å². The van der Waals surface area contributed by atoms with Crippen molar-refractivity contribution in [2.45, 2.75) is 351 Å². The van der Waals surface area contributed by atoms with Crippen LogP contribution in [-0.2, 0) is 23.7 Å². The summed E-state index contributed by atoms with van der Waals surface area (Å²) in [5, 5.41) is 87.6. The van der Waals surface area contributed by atoms with Crippen LogP contribution in [0.5, 0.6) is 0 Å². The molecule has 0 spiro atoms. The summed E-state index contributed by atoms with van der Waals surface area (Å²) in [4.78, 5) is 13.4. The highest BCUT2D eigenvalue weighted by Crippen LogP contribution is 2.30. The van der Waals surface area contributed by atoms with Gasteiger partial charge in [-0.05, 0) is 109 Å². The number of aliphatic hydroxyl groups excluding tert-OH is 8. The molecule has 14 heteroatoms. The average molecular weight is 1390 g/mol. The third-order valence-electron chi connectivity index (χ3n) is 18.0. The van der Waals surface area contributed by atoms with Crippen LogP contribution in [0.1, 0.15) is 277 Å². The minimum atomic E-state index is -1.80. The Morgan fingerprint density at radius 3 is 1.07 bits per heavy atom. The van der Waals surface area contributed by atoms with Gasteiger partial charge in [0.05, 0.1) is 32.0 Å². The molecule has 2 heterocycles. The fourth-order valence-electron chi connectivity index (χ4n) is 11.8. The quantitative estimate of drug-likeness (QED) is 0.0204. The summed E-state index contributed by atoms with van der Waals surface area (Å²) in [5.74, 6) is -0.285. The van der Waals surface area contributed by atoms with Gasteiger partial charge in [0.25, 0.3) is 0 Å². The normalized spacial score (nSPS) is 22.8. The minimum Gasteiger partial charge on any atom is -0.394 e. The highest BCUT2D eigenvalue weighted by atomic mass is 16.7. The molecule has 0 aromatic rings. The maximum atomic E-state index is 13.4. The molecule has 0 aliphatic carbocycles. The van der Waals surface area contributed by atoms with Crippen molar-refractivity contribution in [2.75, 3.05) is 19.8 Å². The number of hydrogen-bond donors (Lipinski definition) is 9. The Hall–Kier alpha value is -4.39. The maximum absolute atomic E-state index is 13.4. The van der Waals surface area contributed by atoms with Gasteiger partial charge in [-0.3, -0.25) is 4.79 Å². The van der Waals surface area contributed by atoms with Crippen molar-refractivity contribution in [2.24, 2.45) is 0 Å². The van der Waals surface area contributed by atoms with Gasteiger partial charge in [-0.15, -0.1) is 0 Å². The number of carbonyl (C=O) groups is 1. The smallest absolute Gasteiger partial charge is 0.220 e. The van der Waals surface area contributed by atoms with Crippen molar-refractivity contribution >= 4 is 5.91 Å². The number of carbonyl (C=O) groups excluding carboxylic acids is 1. The van der Waals surface area contributed by atoms with Crippen LogP contribution in [0.15, 0.2) is 158 Å². The molecule has 2 fully saturated rings. The Bertz CT molecular complexity index is 2280. The van der Waals surface area contributed by atoms with E-state index in [9.17, 15) is 45.6 Å². The van der Waals surface area contributed by atoms with Crippen LogP contribution in [-0.4, -0.2) is 140 Å². The van der Waals surface area contributed by atoms with E-state index in [2.05, 4.69) is 165 Å². The monoisotopic (exact) mass is 1380 g/mol. The molecule has 0 aromatic carbocycles. The lowest BCUT2D eigenvalue weighted by atomic mass is 9.97. The van der Waals surface area contributed by atoms with Crippen molar-refractivity contribution in [3.8, 4) is 0 Å². The van der Waals surface area contributed by atoms with E-state index in [1.165, 1.54) is 135 Å². The fourth-order valence-corrected chi connectivity index (χ4v) is 11.8. The summed E-state index contributed by atoms with van der Waals surface area (Å²) >= 11 is 0. The first-order chi connectivity index (χ1) is 48.6. The standard InChI is InChI=1S/C85H141NO13/c1-3-5-7-9-11-13-15-17-19-21-23-25-27-29-31-32-33-34-35-36-37-38-39-40-41-42-43-45-47-49-51-53-55-57-59-61-63-65-67-69-77(90)86-73(72-96-84-82(95)80(93)83(76(71-88)98-84)99-85-81(94)79(92)78(91)75(70-87)97-85)74(89)68-66-64-62-60-58-56-54-52-50-48-46-44-30-28-26-24-22-20-18-16-14-12-10-8-6-4-2/h5,7,11,13,17,19,23,25,29,31,33-34,36-37,39-40,42-43,47,49,53,55,59,61,66,68,73-76,78-85,87-89,91-95H,3-4,6,8-10,12,14-16,18,20-22,24,26-28,30,32,35,38,41,44-46,48,50-52,54,56-58,60,62-65,67,69-72H2,1-2H3,(H,86,90)/b7-5-,13-11-,19-17-,25-23-,31-29-,34-33-,37-36-,40-39-,43-42-,49-47-,55-53-,61-59-,68-66+. The molecule has 1 amide bonds. The molecule has 12 unspecified atom stereocenters. The van der Waals surface area contributed by atoms with Gasteiger partial charge < -0.3 is 65.1 Å². The first-order valence-corrected chi connectivity index (χ1v) is 39.2. The van der Waals surface area contributed by atoms with Gasteiger partial charge in [0.15, 0.2) is 12.6 Å². The van der Waals surface area contributed by atoms with Gasteiger partial charge in [0.1, 0.15) is 48.8 Å². The van der Waals surface area contributed by atoms with Gasteiger partial charge in [0.2, 0.25) is 5.91 Å². The zero-order valence-electron chi connectivity index (χ0n) is 61.7. The van der Waals surface area contributed by atoms with E-state index < -0.39 is 86.8 Å². The molecule has 12 atom stereocenters. The van der Waals surface area contributed by atoms with E-state index in [0.717, 1.165) is 116 Å². The van der Waals surface area contributed by atoms with Gasteiger partial charge in [0, 0.05) is 6.42 Å². The zero-order chi connectivity index (χ0) is 71.5. The van der Waals surface area contributed by atoms with Gasteiger partial charge in [-0.25, -0.2) is 0 Å². The summed E-state index contributed by atoms with van der Waals surface area (Å²) in [6.45, 7) is 2.67. The van der Waals surface area contributed by atoms with E-state index in [1.807, 2.05) is 6.08 Å². The summed E-state index contributed by atoms with van der Waals surface area (Å²) in [5.41, 5.74) is 0. The van der Waals surface area contributed by atoms with Crippen molar-refractivity contribution in [1.29, 1.82) is 0 Å². The molecule has 2 aliphatic rings. The molecule has 14 nitrogen and oxygen atoms in total. The molecule has 0 aromatic heterocycles. The molecule has 2 rings (SSSR count). The van der Waals surface area contributed by atoms with Crippen molar-refractivity contribution in [1.82, 2.24) is 5.32 Å². The van der Waals surface area contributed by atoms with Crippen molar-refractivity contribution in [3.05, 3.63) is 158 Å². The number of hydrogen-bond acceptors (Lipinski definition) is 13. The lowest BCUT2D eigenvalue weighted by Crippen LogP contribution is -2.65. The Kier molecular flexibility index (Phi) is 61.2. The predicted molar refractivity (Wildman–Crippen MR) is 410 cm³/mol. The lowest BCUT2D eigenvalue weighted by Gasteiger charge is -2.46. The molecular formula is C85H141NO13. The van der Waals surface area contributed by atoms with Crippen LogP contribution in [0, 0.1) is 0 Å². The summed E-state index contributed by atoms with van der Waals surface area (Å²) in [6, 6.07) is -0.952. The Balaban J connectivity index is 1.68. The Morgan fingerprint density at radius 2 is 0.697 bits per heavy atom. The molecular weight excluding hydrogens is 1240 g/mol. The number of rotatable bonds is 63. The van der Waals surface area contributed by atoms with E-state index in [1.54, 1.807) is 6.08 Å². The fraction of sp³-hybridized carbons (Fsp3) is 0.682. The molecule has 0 bridgehead atoms. The SMILES string of the molecule is CC/C=C\C/C=C\C/C=C\C/C=C\C/C=C\C/C=C\C/C=C\C/C=C\C/C=C\C/C=C\C/C=C\C/C=C\CCCCC(=O)NC(COC1OC(CO)C(OC2OC(CO)C(O)C(O)C2O)C(O)C1O)C(O)/C=C/CCCCCCCCCCCCCCCCCCCCCCCCCC. The largest absolute Gasteiger partial charge is 0.394 e. The summed E-state index contributed by atoms with van der Waals surface area (Å²) in [6.07, 6.45) is 85.9. The second kappa shape index (κ2) is 66.8. The van der Waals surface area contributed by atoms with Crippen molar-refractivity contribution in [3.63, 3.8) is 0 Å². The first-order valence-electron chi connectivity index (χ1n) is 39.2. The zero-order valence-corrected chi connectivity index (χ0v) is 61.7. The molecule has 99 heavy (non-hydrogen) atoms. The van der Waals surface area contributed by atoms with Crippen LogP contribution in [0.4, 0.5) is 0 Å². The Labute approximate surface area is 601 Å².